The van der Waals surface area contributed by atoms with Gasteiger partial charge in [0.2, 0.25) is 0 Å². The van der Waals surface area contributed by atoms with Gasteiger partial charge in [-0.05, 0) is 67.8 Å². The molecule has 0 spiro atoms. The summed E-state index contributed by atoms with van der Waals surface area (Å²) in [6, 6.07) is 9.39. The van der Waals surface area contributed by atoms with E-state index in [-0.39, 0.29) is 0 Å². The van der Waals surface area contributed by atoms with Crippen molar-refractivity contribution in [3.63, 3.8) is 0 Å². The smallest absolute Gasteiger partial charge is 0.00530 e. The molecule has 1 aromatic rings. The molecule has 3 saturated heterocycles. The van der Waals surface area contributed by atoms with Crippen molar-refractivity contribution in [3.8, 4) is 0 Å². The SMILES string of the molecule is CC(CCN)c1ccc(C2CN3CCC2CC3)cc1. The Labute approximate surface area is 117 Å². The van der Waals surface area contributed by atoms with E-state index >= 15 is 0 Å². The Kier molecular flexibility index (Phi) is 3.90. The molecule has 104 valence electrons. The van der Waals surface area contributed by atoms with Crippen molar-refractivity contribution in [3.05, 3.63) is 35.4 Å². The number of rotatable bonds is 4. The monoisotopic (exact) mass is 258 g/mol. The van der Waals surface area contributed by atoms with Gasteiger partial charge in [-0.3, -0.25) is 0 Å². The Balaban J connectivity index is 1.72. The molecule has 2 atom stereocenters. The zero-order valence-corrected chi connectivity index (χ0v) is 12.0. The predicted octanol–water partition coefficient (Wildman–Crippen LogP) is 2.95. The molecule has 2 bridgehead atoms. The van der Waals surface area contributed by atoms with Gasteiger partial charge in [-0.15, -0.1) is 0 Å². The number of nitrogens with two attached hydrogens (primary N) is 1. The number of nitrogens with zero attached hydrogens (tertiary/aromatic N) is 1. The third-order valence-corrected chi connectivity index (χ3v) is 5.19. The summed E-state index contributed by atoms with van der Waals surface area (Å²) in [6.07, 6.45) is 3.88. The largest absolute Gasteiger partial charge is 0.330 e. The second-order valence-electron chi connectivity index (χ2n) is 6.39. The summed E-state index contributed by atoms with van der Waals surface area (Å²) in [5, 5.41) is 0. The van der Waals surface area contributed by atoms with E-state index in [1.165, 1.54) is 38.0 Å². The Morgan fingerprint density at radius 3 is 2.42 bits per heavy atom. The lowest BCUT2D eigenvalue weighted by molar-refractivity contribution is 0.0871. The molecule has 0 saturated carbocycles. The summed E-state index contributed by atoms with van der Waals surface area (Å²) in [6.45, 7) is 6.99. The Bertz CT molecular complexity index is 404. The standard InChI is InChI=1S/C17H26N2/c1-13(6-9-18)14-2-4-15(5-3-14)17-12-19-10-7-16(17)8-11-19/h2-5,13,16-17H,6-12,18H2,1H3. The minimum Gasteiger partial charge on any atom is -0.330 e. The van der Waals surface area contributed by atoms with Crippen LogP contribution in [-0.2, 0) is 0 Å². The first-order valence-corrected chi connectivity index (χ1v) is 7.80. The normalized spacial score (nSPS) is 31.4. The molecule has 0 radical (unpaired) electrons. The maximum absolute atomic E-state index is 5.65. The van der Waals surface area contributed by atoms with Gasteiger partial charge in [0, 0.05) is 6.54 Å². The van der Waals surface area contributed by atoms with Crippen LogP contribution in [0, 0.1) is 5.92 Å². The molecule has 2 N–H and O–H groups in total. The van der Waals surface area contributed by atoms with E-state index in [0.29, 0.717) is 5.92 Å². The zero-order valence-electron chi connectivity index (χ0n) is 12.0. The van der Waals surface area contributed by atoms with Crippen molar-refractivity contribution in [2.24, 2.45) is 11.7 Å². The number of hydrogen-bond acceptors (Lipinski definition) is 2. The highest BCUT2D eigenvalue weighted by Gasteiger charge is 2.34. The number of benzene rings is 1. The highest BCUT2D eigenvalue weighted by molar-refractivity contribution is 5.29. The lowest BCUT2D eigenvalue weighted by Gasteiger charge is -2.45. The van der Waals surface area contributed by atoms with Crippen molar-refractivity contribution in [1.29, 1.82) is 0 Å². The van der Waals surface area contributed by atoms with Gasteiger partial charge in [0.15, 0.2) is 0 Å². The molecule has 3 heterocycles. The van der Waals surface area contributed by atoms with Crippen LogP contribution in [0.15, 0.2) is 24.3 Å². The van der Waals surface area contributed by atoms with Crippen LogP contribution in [0.3, 0.4) is 0 Å². The number of fused-ring (bicyclic) bond motifs is 3. The van der Waals surface area contributed by atoms with Crippen molar-refractivity contribution in [1.82, 2.24) is 4.90 Å². The maximum Gasteiger partial charge on any atom is 0.00530 e. The van der Waals surface area contributed by atoms with Gasteiger partial charge >= 0.3 is 0 Å². The predicted molar refractivity (Wildman–Crippen MR) is 80.4 cm³/mol. The van der Waals surface area contributed by atoms with Crippen molar-refractivity contribution in [2.75, 3.05) is 26.2 Å². The minimum atomic E-state index is 0.589. The molecule has 1 aromatic carbocycles. The fourth-order valence-corrected chi connectivity index (χ4v) is 3.83. The summed E-state index contributed by atoms with van der Waals surface area (Å²) in [5.41, 5.74) is 8.64. The molecular weight excluding hydrogens is 232 g/mol. The van der Waals surface area contributed by atoms with E-state index in [9.17, 15) is 0 Å². The molecule has 0 aromatic heterocycles. The zero-order chi connectivity index (χ0) is 13.2. The van der Waals surface area contributed by atoms with Gasteiger partial charge in [0.1, 0.15) is 0 Å². The topological polar surface area (TPSA) is 29.3 Å². The first-order chi connectivity index (χ1) is 9.28. The molecule has 2 unspecified atom stereocenters. The third-order valence-electron chi connectivity index (χ3n) is 5.19. The lowest BCUT2D eigenvalue weighted by atomic mass is 9.75. The highest BCUT2D eigenvalue weighted by Crippen LogP contribution is 2.39. The first kappa shape index (κ1) is 13.1. The molecule has 3 aliphatic rings. The van der Waals surface area contributed by atoms with Crippen LogP contribution in [0.5, 0.6) is 0 Å². The van der Waals surface area contributed by atoms with Crippen LogP contribution in [0.1, 0.15) is 49.1 Å². The number of hydrogen-bond donors (Lipinski definition) is 1. The molecule has 0 aliphatic carbocycles. The van der Waals surface area contributed by atoms with Crippen LogP contribution >= 0.6 is 0 Å². The molecule has 19 heavy (non-hydrogen) atoms. The Morgan fingerprint density at radius 1 is 1.21 bits per heavy atom. The van der Waals surface area contributed by atoms with Gasteiger partial charge < -0.3 is 10.6 Å². The molecule has 3 aliphatic heterocycles. The molecule has 2 nitrogen and oxygen atoms in total. The summed E-state index contributed by atoms with van der Waals surface area (Å²) in [4.78, 5) is 2.63. The fourth-order valence-electron chi connectivity index (χ4n) is 3.83. The van der Waals surface area contributed by atoms with Crippen LogP contribution in [0.25, 0.3) is 0 Å². The van der Waals surface area contributed by atoms with Crippen molar-refractivity contribution >= 4 is 0 Å². The van der Waals surface area contributed by atoms with Crippen LogP contribution in [0.2, 0.25) is 0 Å². The summed E-state index contributed by atoms with van der Waals surface area (Å²) < 4.78 is 0. The van der Waals surface area contributed by atoms with Crippen LogP contribution in [0.4, 0.5) is 0 Å². The van der Waals surface area contributed by atoms with Gasteiger partial charge in [0.25, 0.3) is 0 Å². The minimum absolute atomic E-state index is 0.589. The Hall–Kier alpha value is -0.860. The summed E-state index contributed by atoms with van der Waals surface area (Å²) in [5.74, 6) is 2.30. The van der Waals surface area contributed by atoms with Gasteiger partial charge in [0.05, 0.1) is 0 Å². The third kappa shape index (κ3) is 2.70. The van der Waals surface area contributed by atoms with E-state index in [4.69, 9.17) is 5.73 Å². The maximum atomic E-state index is 5.65. The van der Waals surface area contributed by atoms with Crippen molar-refractivity contribution < 1.29 is 0 Å². The van der Waals surface area contributed by atoms with E-state index in [1.54, 1.807) is 5.56 Å². The average molecular weight is 258 g/mol. The fraction of sp³-hybridized carbons (Fsp3) is 0.647. The quantitative estimate of drug-likeness (QED) is 0.899. The van der Waals surface area contributed by atoms with Gasteiger partial charge in [-0.2, -0.15) is 0 Å². The second-order valence-corrected chi connectivity index (χ2v) is 6.39. The van der Waals surface area contributed by atoms with Gasteiger partial charge in [-0.25, -0.2) is 0 Å². The molecule has 4 rings (SSSR count). The highest BCUT2D eigenvalue weighted by atomic mass is 15.1. The van der Waals surface area contributed by atoms with E-state index in [0.717, 1.165) is 24.8 Å². The summed E-state index contributed by atoms with van der Waals surface area (Å²) >= 11 is 0. The molecule has 2 heteroatoms. The average Bonchev–Trinajstić information content (AvgIpc) is 2.49. The van der Waals surface area contributed by atoms with Gasteiger partial charge in [-0.1, -0.05) is 31.2 Å². The summed E-state index contributed by atoms with van der Waals surface area (Å²) in [7, 11) is 0. The van der Waals surface area contributed by atoms with Crippen LogP contribution in [-0.4, -0.2) is 31.1 Å². The molecular formula is C17H26N2. The van der Waals surface area contributed by atoms with E-state index < -0.39 is 0 Å². The van der Waals surface area contributed by atoms with Crippen molar-refractivity contribution in [2.45, 2.75) is 38.0 Å². The lowest BCUT2D eigenvalue weighted by Crippen LogP contribution is -2.46. The first-order valence-electron chi connectivity index (χ1n) is 7.80. The Morgan fingerprint density at radius 2 is 1.89 bits per heavy atom. The molecule has 0 amide bonds. The molecule has 3 fully saturated rings. The number of piperidine rings is 3. The van der Waals surface area contributed by atoms with E-state index in [1.807, 2.05) is 0 Å². The second kappa shape index (κ2) is 5.64. The van der Waals surface area contributed by atoms with E-state index in [2.05, 4.69) is 36.1 Å². The van der Waals surface area contributed by atoms with Crippen LogP contribution < -0.4 is 5.73 Å².